The lowest BCUT2D eigenvalue weighted by molar-refractivity contribution is 0.535. The quantitative estimate of drug-likeness (QED) is 0.105. The summed E-state index contributed by atoms with van der Waals surface area (Å²) in [4.78, 5) is 4.96. The van der Waals surface area contributed by atoms with Crippen molar-refractivity contribution in [2.45, 2.75) is 40.2 Å². The predicted molar refractivity (Wildman–Crippen MR) is 144 cm³/mol. The number of rotatable bonds is 8. The third-order valence-corrected chi connectivity index (χ3v) is 9.45. The third kappa shape index (κ3) is 6.75. The average molecular weight is 496 g/mol. The number of aliphatic imine (C=N–C) groups is 1. The number of thiophene rings is 2. The van der Waals surface area contributed by atoms with E-state index in [1.807, 2.05) is 35.7 Å². The van der Waals surface area contributed by atoms with Gasteiger partial charge in [-0.3, -0.25) is 0 Å². The van der Waals surface area contributed by atoms with E-state index in [1.54, 1.807) is 22.7 Å². The normalized spacial score (nSPS) is 11.8. The van der Waals surface area contributed by atoms with Gasteiger partial charge in [0.05, 0.1) is 18.7 Å². The van der Waals surface area contributed by atoms with E-state index in [4.69, 9.17) is 9.73 Å². The molecule has 0 unspecified atom stereocenters. The Kier molecular flexibility index (Phi) is 8.14. The lowest BCUT2D eigenvalue weighted by Gasteiger charge is -2.17. The Morgan fingerprint density at radius 2 is 1.56 bits per heavy atom. The molecular formula is C26H25NOS4. The smallest absolute Gasteiger partial charge is 0.197 e. The fourth-order valence-electron chi connectivity index (χ4n) is 3.03. The Morgan fingerprint density at radius 3 is 2.16 bits per heavy atom. The van der Waals surface area contributed by atoms with E-state index in [0.717, 1.165) is 17.3 Å². The van der Waals surface area contributed by atoms with Gasteiger partial charge < -0.3 is 4.74 Å². The van der Waals surface area contributed by atoms with E-state index in [0.29, 0.717) is 6.42 Å². The van der Waals surface area contributed by atoms with E-state index in [-0.39, 0.29) is 4.58 Å². The van der Waals surface area contributed by atoms with Crippen molar-refractivity contribution in [2.75, 3.05) is 0 Å². The van der Waals surface area contributed by atoms with Crippen LogP contribution in [0.1, 0.15) is 23.1 Å². The minimum absolute atomic E-state index is 0.252. The van der Waals surface area contributed by atoms with Crippen LogP contribution in [0.15, 0.2) is 90.9 Å². The molecule has 0 bridgehead atoms. The van der Waals surface area contributed by atoms with Crippen molar-refractivity contribution >= 4 is 57.8 Å². The molecule has 4 rings (SSSR count). The van der Waals surface area contributed by atoms with Gasteiger partial charge in [0.2, 0.25) is 0 Å². The second-order valence-electron chi connectivity index (χ2n) is 7.43. The Balaban J connectivity index is 1.63. The van der Waals surface area contributed by atoms with Crippen LogP contribution < -0.4 is 4.74 Å². The van der Waals surface area contributed by atoms with Crippen LogP contribution in [0.2, 0.25) is 0 Å². The van der Waals surface area contributed by atoms with E-state index in [1.165, 1.54) is 25.1 Å². The lowest BCUT2D eigenvalue weighted by atomic mass is 10.1. The SMILES string of the molecule is Cc1cccc(O/C(CC(Sc2cccs2)Sc2cccs2)=N\c2ccc(C)c(C)c2)c1. The summed E-state index contributed by atoms with van der Waals surface area (Å²) < 4.78 is 9.23. The van der Waals surface area contributed by atoms with E-state index in [9.17, 15) is 0 Å². The highest BCUT2D eigenvalue weighted by atomic mass is 32.2. The molecule has 0 saturated heterocycles. The number of ether oxygens (including phenoxy) is 1. The molecule has 0 spiro atoms. The lowest BCUT2D eigenvalue weighted by Crippen LogP contribution is -2.14. The van der Waals surface area contributed by atoms with Crippen LogP contribution in [0.5, 0.6) is 5.75 Å². The first-order valence-corrected chi connectivity index (χ1v) is 13.9. The van der Waals surface area contributed by atoms with Crippen LogP contribution in [0.25, 0.3) is 0 Å². The molecule has 0 fully saturated rings. The molecule has 2 nitrogen and oxygen atoms in total. The third-order valence-electron chi connectivity index (χ3n) is 4.80. The van der Waals surface area contributed by atoms with Crippen molar-refractivity contribution in [2.24, 2.45) is 4.99 Å². The van der Waals surface area contributed by atoms with Crippen LogP contribution in [0.3, 0.4) is 0 Å². The fourth-order valence-corrected chi connectivity index (χ4v) is 7.87. The summed E-state index contributed by atoms with van der Waals surface area (Å²) in [6, 6.07) is 23.0. The van der Waals surface area contributed by atoms with Crippen molar-refractivity contribution < 1.29 is 4.74 Å². The van der Waals surface area contributed by atoms with E-state index >= 15 is 0 Å². The summed E-state index contributed by atoms with van der Waals surface area (Å²) in [5, 5.41) is 4.26. The zero-order valence-electron chi connectivity index (χ0n) is 18.3. The number of thioether (sulfide) groups is 2. The molecule has 32 heavy (non-hydrogen) atoms. The molecule has 164 valence electrons. The van der Waals surface area contributed by atoms with Crippen LogP contribution in [0, 0.1) is 20.8 Å². The van der Waals surface area contributed by atoms with Crippen molar-refractivity contribution in [1.29, 1.82) is 0 Å². The molecular weight excluding hydrogens is 471 g/mol. The second kappa shape index (κ2) is 11.2. The maximum absolute atomic E-state index is 6.37. The topological polar surface area (TPSA) is 21.6 Å². The summed E-state index contributed by atoms with van der Waals surface area (Å²) in [5.74, 6) is 1.56. The number of nitrogens with zero attached hydrogens (tertiary/aromatic N) is 1. The fraction of sp³-hybridized carbons (Fsp3) is 0.192. The first-order valence-electron chi connectivity index (χ1n) is 10.3. The van der Waals surface area contributed by atoms with Crippen molar-refractivity contribution in [1.82, 2.24) is 0 Å². The van der Waals surface area contributed by atoms with Gasteiger partial charge in [-0.15, -0.1) is 46.2 Å². The monoisotopic (exact) mass is 495 g/mol. The van der Waals surface area contributed by atoms with Crippen molar-refractivity contribution in [3.05, 3.63) is 94.2 Å². The minimum atomic E-state index is 0.252. The predicted octanol–water partition coefficient (Wildman–Crippen LogP) is 9.14. The van der Waals surface area contributed by atoms with Crippen molar-refractivity contribution in [3.8, 4) is 5.75 Å². The maximum atomic E-state index is 6.37. The molecule has 0 saturated carbocycles. The summed E-state index contributed by atoms with van der Waals surface area (Å²) in [7, 11) is 0. The molecule has 0 amide bonds. The Hall–Kier alpha value is -1.99. The molecule has 2 aromatic heterocycles. The van der Waals surface area contributed by atoms with Gasteiger partial charge in [0.15, 0.2) is 5.90 Å². The highest BCUT2D eigenvalue weighted by Gasteiger charge is 2.19. The van der Waals surface area contributed by atoms with Gasteiger partial charge in [-0.05, 0) is 84.6 Å². The summed E-state index contributed by atoms with van der Waals surface area (Å²) in [6.45, 7) is 6.32. The van der Waals surface area contributed by atoms with Gasteiger partial charge in [0, 0.05) is 6.42 Å². The molecule has 0 aliphatic rings. The summed E-state index contributed by atoms with van der Waals surface area (Å²) in [5.41, 5.74) is 4.60. The highest BCUT2D eigenvalue weighted by molar-refractivity contribution is 8.18. The highest BCUT2D eigenvalue weighted by Crippen LogP contribution is 2.41. The zero-order chi connectivity index (χ0) is 22.3. The van der Waals surface area contributed by atoms with Crippen LogP contribution in [-0.2, 0) is 0 Å². The summed E-state index contributed by atoms with van der Waals surface area (Å²) >= 11 is 7.31. The van der Waals surface area contributed by atoms with Gasteiger partial charge in [0.1, 0.15) is 5.75 Å². The molecule has 2 aromatic carbocycles. The minimum Gasteiger partial charge on any atom is -0.443 e. The molecule has 6 heteroatoms. The van der Waals surface area contributed by atoms with E-state index < -0.39 is 0 Å². The van der Waals surface area contributed by atoms with Gasteiger partial charge >= 0.3 is 0 Å². The van der Waals surface area contributed by atoms with Crippen LogP contribution in [0.4, 0.5) is 5.69 Å². The average Bonchev–Trinajstić information content (AvgIpc) is 3.45. The Bertz CT molecular complexity index is 1130. The largest absolute Gasteiger partial charge is 0.443 e. The first kappa shape index (κ1) is 23.2. The molecule has 2 heterocycles. The van der Waals surface area contributed by atoms with Crippen molar-refractivity contribution in [3.63, 3.8) is 0 Å². The van der Waals surface area contributed by atoms with Gasteiger partial charge in [-0.1, -0.05) is 30.3 Å². The second-order valence-corrected chi connectivity index (χ2v) is 12.6. The standard InChI is InChI=1S/C26H25NOS4/c1-18-7-4-8-22(15-18)28-23(27-21-12-11-19(2)20(3)16-21)17-26(31-24-9-5-13-29-24)32-25-10-6-14-30-25/h4-16,26H,17H2,1-3H3/b27-23-. The Labute approximate surface area is 206 Å². The number of hydrogen-bond donors (Lipinski definition) is 0. The van der Waals surface area contributed by atoms with Crippen LogP contribution >= 0.6 is 46.2 Å². The molecule has 0 radical (unpaired) electrons. The van der Waals surface area contributed by atoms with Crippen LogP contribution in [-0.4, -0.2) is 10.5 Å². The van der Waals surface area contributed by atoms with Gasteiger partial charge in [0.25, 0.3) is 0 Å². The molecule has 0 aliphatic carbocycles. The zero-order valence-corrected chi connectivity index (χ0v) is 21.5. The molecule has 0 atom stereocenters. The number of benzene rings is 2. The van der Waals surface area contributed by atoms with Gasteiger partial charge in [-0.25, -0.2) is 4.99 Å². The Morgan fingerprint density at radius 1 is 0.844 bits per heavy atom. The molecule has 4 aromatic rings. The summed E-state index contributed by atoms with van der Waals surface area (Å²) in [6.07, 6.45) is 0.714. The van der Waals surface area contributed by atoms with Gasteiger partial charge in [-0.2, -0.15) is 0 Å². The maximum Gasteiger partial charge on any atom is 0.197 e. The molecule has 0 N–H and O–H groups in total. The number of hydrogen-bond acceptors (Lipinski definition) is 6. The first-order chi connectivity index (χ1) is 15.5. The molecule has 0 aliphatic heterocycles. The van der Waals surface area contributed by atoms with E-state index in [2.05, 4.69) is 86.1 Å². The number of aryl methyl sites for hydroxylation is 3.